The topological polar surface area (TPSA) is 52.6 Å². The molecule has 0 spiro atoms. The van der Waals surface area contributed by atoms with Crippen LogP contribution in [0.1, 0.15) is 57.8 Å². The van der Waals surface area contributed by atoms with Gasteiger partial charge in [-0.3, -0.25) is 9.69 Å². The van der Waals surface area contributed by atoms with E-state index in [1.54, 1.807) is 0 Å². The van der Waals surface area contributed by atoms with E-state index in [0.717, 1.165) is 38.0 Å². The van der Waals surface area contributed by atoms with Gasteiger partial charge in [-0.1, -0.05) is 19.3 Å². The van der Waals surface area contributed by atoms with Crippen molar-refractivity contribution in [3.05, 3.63) is 0 Å². The second-order valence-corrected chi connectivity index (χ2v) is 7.49. The average molecular weight is 294 g/mol. The Balaban J connectivity index is 1.51. The van der Waals surface area contributed by atoms with E-state index < -0.39 is 5.97 Å². The lowest BCUT2D eigenvalue weighted by atomic mass is 9.85. The maximum absolute atomic E-state index is 11.1. The van der Waals surface area contributed by atoms with Crippen LogP contribution in [-0.4, -0.2) is 47.7 Å². The third-order valence-corrected chi connectivity index (χ3v) is 5.79. The van der Waals surface area contributed by atoms with Gasteiger partial charge in [0.1, 0.15) is 0 Å². The van der Waals surface area contributed by atoms with E-state index >= 15 is 0 Å². The molecule has 3 aliphatic rings. The summed E-state index contributed by atoms with van der Waals surface area (Å²) in [6.45, 7) is 3.27. The summed E-state index contributed by atoms with van der Waals surface area (Å²) in [5.41, 5.74) is 0. The first-order chi connectivity index (χ1) is 10.2. The Morgan fingerprint density at radius 2 is 1.81 bits per heavy atom. The van der Waals surface area contributed by atoms with Crippen molar-refractivity contribution < 1.29 is 9.90 Å². The maximum atomic E-state index is 11.1. The van der Waals surface area contributed by atoms with Gasteiger partial charge in [-0.05, 0) is 50.5 Å². The van der Waals surface area contributed by atoms with Gasteiger partial charge in [0, 0.05) is 31.6 Å². The van der Waals surface area contributed by atoms with Crippen LogP contribution in [-0.2, 0) is 4.79 Å². The van der Waals surface area contributed by atoms with Crippen LogP contribution < -0.4 is 5.32 Å². The van der Waals surface area contributed by atoms with Gasteiger partial charge in [0.05, 0.1) is 0 Å². The molecule has 0 aromatic carbocycles. The van der Waals surface area contributed by atoms with Crippen LogP contribution in [0.4, 0.5) is 0 Å². The summed E-state index contributed by atoms with van der Waals surface area (Å²) in [5, 5.41) is 12.9. The first-order valence-electron chi connectivity index (χ1n) is 8.90. The third-order valence-electron chi connectivity index (χ3n) is 5.79. The maximum Gasteiger partial charge on any atom is 0.303 e. The molecule has 2 N–H and O–H groups in total. The predicted octanol–water partition coefficient (Wildman–Crippen LogP) is 2.48. The van der Waals surface area contributed by atoms with Gasteiger partial charge in [-0.15, -0.1) is 0 Å². The van der Waals surface area contributed by atoms with Crippen molar-refractivity contribution in [3.63, 3.8) is 0 Å². The van der Waals surface area contributed by atoms with Gasteiger partial charge in [0.15, 0.2) is 0 Å². The van der Waals surface area contributed by atoms with Crippen LogP contribution in [0.15, 0.2) is 0 Å². The summed E-state index contributed by atoms with van der Waals surface area (Å²) in [6, 6.07) is 1.24. The zero-order chi connectivity index (χ0) is 14.7. The average Bonchev–Trinajstić information content (AvgIpc) is 2.86. The number of hydrogen-bond donors (Lipinski definition) is 2. The quantitative estimate of drug-likeness (QED) is 0.790. The van der Waals surface area contributed by atoms with E-state index in [1.165, 1.54) is 44.9 Å². The van der Waals surface area contributed by atoms with Crippen molar-refractivity contribution in [2.45, 2.75) is 69.9 Å². The van der Waals surface area contributed by atoms with Crippen molar-refractivity contribution in [2.75, 3.05) is 19.6 Å². The van der Waals surface area contributed by atoms with Gasteiger partial charge in [0.2, 0.25) is 0 Å². The van der Waals surface area contributed by atoms with Gasteiger partial charge < -0.3 is 10.4 Å². The largest absolute Gasteiger partial charge is 0.481 e. The minimum atomic E-state index is -0.634. The number of hydrogen-bond acceptors (Lipinski definition) is 3. The van der Waals surface area contributed by atoms with Crippen molar-refractivity contribution in [2.24, 2.45) is 11.8 Å². The second kappa shape index (κ2) is 7.10. The number of nitrogens with one attached hydrogen (secondary N) is 1. The molecule has 1 aliphatic heterocycles. The number of carboxylic acid groups (broad SMARTS) is 1. The van der Waals surface area contributed by atoms with Gasteiger partial charge in [0.25, 0.3) is 0 Å². The summed E-state index contributed by atoms with van der Waals surface area (Å²) in [7, 11) is 0. The molecule has 0 aromatic heterocycles. The van der Waals surface area contributed by atoms with Crippen molar-refractivity contribution in [1.29, 1.82) is 0 Å². The van der Waals surface area contributed by atoms with Crippen LogP contribution in [0.2, 0.25) is 0 Å². The fourth-order valence-corrected chi connectivity index (χ4v) is 4.38. The molecule has 4 heteroatoms. The fraction of sp³-hybridized carbons (Fsp3) is 0.941. The molecule has 2 saturated carbocycles. The zero-order valence-electron chi connectivity index (χ0n) is 13.1. The third kappa shape index (κ3) is 4.19. The van der Waals surface area contributed by atoms with Crippen molar-refractivity contribution in [1.82, 2.24) is 10.2 Å². The normalized spacial score (nSPS) is 32.2. The van der Waals surface area contributed by atoms with E-state index in [9.17, 15) is 4.79 Å². The molecular formula is C17H30N2O2. The lowest BCUT2D eigenvalue weighted by Crippen LogP contribution is -2.55. The molecule has 0 amide bonds. The smallest absolute Gasteiger partial charge is 0.303 e. The number of rotatable bonds is 6. The summed E-state index contributed by atoms with van der Waals surface area (Å²) in [5.74, 6) is 0.560. The number of piperidine rings is 1. The zero-order valence-corrected chi connectivity index (χ0v) is 13.1. The molecule has 3 rings (SSSR count). The highest BCUT2D eigenvalue weighted by molar-refractivity contribution is 5.67. The summed E-state index contributed by atoms with van der Waals surface area (Å²) in [6.07, 6.45) is 10.9. The molecule has 0 aromatic rings. The molecule has 21 heavy (non-hydrogen) atoms. The van der Waals surface area contributed by atoms with Crippen LogP contribution in [0.3, 0.4) is 0 Å². The first-order valence-corrected chi connectivity index (χ1v) is 8.90. The van der Waals surface area contributed by atoms with Crippen LogP contribution in [0.5, 0.6) is 0 Å². The molecule has 0 radical (unpaired) electrons. The monoisotopic (exact) mass is 294 g/mol. The van der Waals surface area contributed by atoms with Crippen molar-refractivity contribution >= 4 is 5.97 Å². The number of aliphatic carboxylic acids is 1. The summed E-state index contributed by atoms with van der Waals surface area (Å²) >= 11 is 0. The Labute approximate surface area is 128 Å². The SMILES string of the molecule is O=C(O)CC1CC(NCC2CCCC2)CN(C2CCC2)C1. The fourth-order valence-electron chi connectivity index (χ4n) is 4.38. The molecule has 1 saturated heterocycles. The number of carboxylic acids is 1. The molecular weight excluding hydrogens is 264 g/mol. The summed E-state index contributed by atoms with van der Waals surface area (Å²) < 4.78 is 0. The lowest BCUT2D eigenvalue weighted by Gasteiger charge is -2.45. The van der Waals surface area contributed by atoms with E-state index in [4.69, 9.17) is 5.11 Å². The molecule has 1 heterocycles. The standard InChI is InChI=1S/C17H30N2O2/c20-17(21)9-14-8-15(18-10-13-4-1-2-5-13)12-19(11-14)16-6-3-7-16/h13-16,18H,1-12H2,(H,20,21). The van der Waals surface area contributed by atoms with Gasteiger partial charge in [-0.25, -0.2) is 0 Å². The van der Waals surface area contributed by atoms with E-state index in [-0.39, 0.29) is 0 Å². The Morgan fingerprint density at radius 3 is 2.43 bits per heavy atom. The van der Waals surface area contributed by atoms with Gasteiger partial charge in [-0.2, -0.15) is 0 Å². The molecule has 4 nitrogen and oxygen atoms in total. The molecule has 3 fully saturated rings. The van der Waals surface area contributed by atoms with Crippen molar-refractivity contribution in [3.8, 4) is 0 Å². The minimum absolute atomic E-state index is 0.331. The number of likely N-dealkylation sites (tertiary alicyclic amines) is 1. The highest BCUT2D eigenvalue weighted by Gasteiger charge is 2.34. The van der Waals surface area contributed by atoms with Crippen LogP contribution in [0, 0.1) is 11.8 Å². The molecule has 120 valence electrons. The van der Waals surface area contributed by atoms with E-state index in [2.05, 4.69) is 10.2 Å². The predicted molar refractivity (Wildman–Crippen MR) is 83.3 cm³/mol. The first kappa shape index (κ1) is 15.3. The Morgan fingerprint density at radius 1 is 1.05 bits per heavy atom. The second-order valence-electron chi connectivity index (χ2n) is 7.49. The Bertz CT molecular complexity index is 351. The lowest BCUT2D eigenvalue weighted by molar-refractivity contribution is -0.138. The molecule has 0 bridgehead atoms. The molecule has 2 atom stereocenters. The van der Waals surface area contributed by atoms with Crippen LogP contribution >= 0.6 is 0 Å². The minimum Gasteiger partial charge on any atom is -0.481 e. The van der Waals surface area contributed by atoms with E-state index in [1.807, 2.05) is 0 Å². The highest BCUT2D eigenvalue weighted by Crippen LogP contribution is 2.31. The molecule has 2 unspecified atom stereocenters. The summed E-state index contributed by atoms with van der Waals surface area (Å²) in [4.78, 5) is 13.6. The Kier molecular flexibility index (Phi) is 5.17. The van der Waals surface area contributed by atoms with E-state index in [0.29, 0.717) is 18.4 Å². The highest BCUT2D eigenvalue weighted by atomic mass is 16.4. The molecule has 2 aliphatic carbocycles. The number of carbonyl (C=O) groups is 1. The Hall–Kier alpha value is -0.610. The number of nitrogens with zero attached hydrogens (tertiary/aromatic N) is 1. The van der Waals surface area contributed by atoms with Gasteiger partial charge >= 0.3 is 5.97 Å². The van der Waals surface area contributed by atoms with Crippen LogP contribution in [0.25, 0.3) is 0 Å².